The normalized spacial score (nSPS) is 21.0. The Bertz CT molecular complexity index is 489. The number of nitrogens with zero attached hydrogens (tertiary/aromatic N) is 2. The number of pyridine rings is 1. The van der Waals surface area contributed by atoms with Crippen molar-refractivity contribution in [1.82, 2.24) is 10.3 Å². The van der Waals surface area contributed by atoms with Gasteiger partial charge in [0.1, 0.15) is 5.82 Å². The second-order valence-corrected chi connectivity index (χ2v) is 6.95. The lowest BCUT2D eigenvalue weighted by Crippen LogP contribution is -2.27. The first kappa shape index (κ1) is 14.8. The van der Waals surface area contributed by atoms with Crippen LogP contribution in [0.2, 0.25) is 0 Å². The second-order valence-electron chi connectivity index (χ2n) is 6.95. The Kier molecular flexibility index (Phi) is 4.21. The number of hydrogen-bond donors (Lipinski definition) is 1. The summed E-state index contributed by atoms with van der Waals surface area (Å²) in [5, 5.41) is 3.58. The van der Waals surface area contributed by atoms with Gasteiger partial charge in [-0.2, -0.15) is 0 Å². The molecular weight excluding hydrogens is 258 g/mol. The monoisotopic (exact) mass is 287 g/mol. The zero-order valence-electron chi connectivity index (χ0n) is 13.8. The molecule has 0 amide bonds. The summed E-state index contributed by atoms with van der Waals surface area (Å²) >= 11 is 0. The summed E-state index contributed by atoms with van der Waals surface area (Å²) in [5.41, 5.74) is 3.05. The molecule has 0 radical (unpaired) electrons. The first-order chi connectivity index (χ1) is 10.2. The van der Waals surface area contributed by atoms with Crippen LogP contribution in [0, 0.1) is 12.3 Å². The molecule has 21 heavy (non-hydrogen) atoms. The minimum absolute atomic E-state index is 0.516. The van der Waals surface area contributed by atoms with Gasteiger partial charge in [-0.15, -0.1) is 0 Å². The zero-order valence-corrected chi connectivity index (χ0v) is 13.8. The van der Waals surface area contributed by atoms with Crippen LogP contribution in [0.3, 0.4) is 0 Å². The van der Waals surface area contributed by atoms with Crippen LogP contribution in [-0.2, 0) is 6.54 Å². The van der Waals surface area contributed by atoms with Crippen molar-refractivity contribution in [3.05, 3.63) is 23.4 Å². The summed E-state index contributed by atoms with van der Waals surface area (Å²) in [6.45, 7) is 10.1. The molecule has 0 spiro atoms. The molecule has 1 aromatic heterocycles. The van der Waals surface area contributed by atoms with E-state index < -0.39 is 0 Å². The Morgan fingerprint density at radius 3 is 2.62 bits per heavy atom. The van der Waals surface area contributed by atoms with Crippen molar-refractivity contribution in [2.75, 3.05) is 18.0 Å². The van der Waals surface area contributed by atoms with Gasteiger partial charge in [0, 0.05) is 31.4 Å². The van der Waals surface area contributed by atoms with E-state index in [1.807, 2.05) is 0 Å². The largest absolute Gasteiger partial charge is 0.356 e. The van der Waals surface area contributed by atoms with Gasteiger partial charge in [0.25, 0.3) is 0 Å². The van der Waals surface area contributed by atoms with Gasteiger partial charge in [0.15, 0.2) is 0 Å². The highest BCUT2D eigenvalue weighted by atomic mass is 15.2. The van der Waals surface area contributed by atoms with Crippen molar-refractivity contribution in [2.45, 2.75) is 65.5 Å². The highest BCUT2D eigenvalue weighted by molar-refractivity contribution is 5.43. The first-order valence-electron chi connectivity index (χ1n) is 8.60. The third-order valence-electron chi connectivity index (χ3n) is 5.60. The third kappa shape index (κ3) is 3.23. The number of rotatable bonds is 6. The molecule has 3 nitrogen and oxygen atoms in total. The van der Waals surface area contributed by atoms with Crippen molar-refractivity contribution in [2.24, 2.45) is 5.41 Å². The molecule has 1 saturated heterocycles. The molecule has 1 aliphatic carbocycles. The Hall–Kier alpha value is -1.09. The van der Waals surface area contributed by atoms with Crippen LogP contribution in [0.25, 0.3) is 0 Å². The number of nitrogens with one attached hydrogen (secondary N) is 1. The van der Waals surface area contributed by atoms with Crippen molar-refractivity contribution in [3.8, 4) is 0 Å². The predicted molar refractivity (Wildman–Crippen MR) is 88.7 cm³/mol. The Balaban J connectivity index is 1.67. The summed E-state index contributed by atoms with van der Waals surface area (Å²) in [6.07, 6.45) is 6.55. The van der Waals surface area contributed by atoms with Crippen LogP contribution >= 0.6 is 0 Å². The molecule has 1 aliphatic heterocycles. The second kappa shape index (κ2) is 5.96. The molecule has 2 fully saturated rings. The van der Waals surface area contributed by atoms with Gasteiger partial charge in [-0.1, -0.05) is 19.9 Å². The van der Waals surface area contributed by atoms with Crippen molar-refractivity contribution in [1.29, 1.82) is 0 Å². The first-order valence-corrected chi connectivity index (χ1v) is 8.60. The molecule has 0 bridgehead atoms. The minimum Gasteiger partial charge on any atom is -0.356 e. The van der Waals surface area contributed by atoms with E-state index in [4.69, 9.17) is 4.98 Å². The topological polar surface area (TPSA) is 28.2 Å². The minimum atomic E-state index is 0.516. The maximum atomic E-state index is 4.87. The summed E-state index contributed by atoms with van der Waals surface area (Å²) in [5.74, 6) is 1.17. The van der Waals surface area contributed by atoms with Crippen LogP contribution in [0.15, 0.2) is 12.1 Å². The van der Waals surface area contributed by atoms with E-state index in [9.17, 15) is 0 Å². The van der Waals surface area contributed by atoms with Gasteiger partial charge in [-0.25, -0.2) is 4.98 Å². The van der Waals surface area contributed by atoms with Crippen LogP contribution < -0.4 is 10.2 Å². The number of hydrogen-bond acceptors (Lipinski definition) is 3. The number of anilines is 1. The van der Waals surface area contributed by atoms with Crippen LogP contribution in [0.5, 0.6) is 0 Å². The molecule has 2 heterocycles. The smallest absolute Gasteiger partial charge is 0.128 e. The van der Waals surface area contributed by atoms with E-state index in [0.717, 1.165) is 19.1 Å². The van der Waals surface area contributed by atoms with Crippen LogP contribution in [-0.4, -0.2) is 24.1 Å². The molecule has 1 N–H and O–H groups in total. The van der Waals surface area contributed by atoms with E-state index in [0.29, 0.717) is 5.41 Å². The Morgan fingerprint density at radius 2 is 2.05 bits per heavy atom. The van der Waals surface area contributed by atoms with E-state index in [1.165, 1.54) is 55.7 Å². The van der Waals surface area contributed by atoms with Gasteiger partial charge in [-0.3, -0.25) is 0 Å². The molecule has 2 aliphatic rings. The van der Waals surface area contributed by atoms with Gasteiger partial charge in [0.2, 0.25) is 0 Å². The molecule has 3 heteroatoms. The highest BCUT2D eigenvalue weighted by Gasteiger charge is 2.35. The van der Waals surface area contributed by atoms with E-state index >= 15 is 0 Å². The summed E-state index contributed by atoms with van der Waals surface area (Å²) < 4.78 is 0. The quantitative estimate of drug-likeness (QED) is 0.865. The Labute approximate surface area is 129 Å². The molecule has 0 aromatic carbocycles. The standard InChI is InChI=1S/C18H29N3/c1-4-18(5-2)10-11-21(13-18)17-9-6-15(14(3)20-17)12-19-16-7-8-16/h6,9,16,19H,4-5,7-8,10-13H2,1-3H3. The zero-order chi connectivity index (χ0) is 14.9. The van der Waals surface area contributed by atoms with Crippen molar-refractivity contribution < 1.29 is 0 Å². The van der Waals surface area contributed by atoms with Crippen LogP contribution in [0.4, 0.5) is 5.82 Å². The average Bonchev–Trinajstić information content (AvgIpc) is 3.23. The maximum Gasteiger partial charge on any atom is 0.128 e. The fraction of sp³-hybridized carbons (Fsp3) is 0.722. The molecule has 0 unspecified atom stereocenters. The SMILES string of the molecule is CCC1(CC)CCN(c2ccc(CNC3CC3)c(C)n2)C1. The molecular formula is C18H29N3. The van der Waals surface area contributed by atoms with E-state index in [-0.39, 0.29) is 0 Å². The van der Waals surface area contributed by atoms with Crippen molar-refractivity contribution in [3.63, 3.8) is 0 Å². The molecule has 1 saturated carbocycles. The van der Waals surface area contributed by atoms with E-state index in [1.54, 1.807) is 0 Å². The predicted octanol–water partition coefficient (Wildman–Crippen LogP) is 3.66. The third-order valence-corrected chi connectivity index (χ3v) is 5.60. The van der Waals surface area contributed by atoms with Gasteiger partial charge in [0.05, 0.1) is 0 Å². The molecule has 116 valence electrons. The maximum absolute atomic E-state index is 4.87. The van der Waals surface area contributed by atoms with Gasteiger partial charge < -0.3 is 10.2 Å². The number of aromatic nitrogens is 1. The molecule has 0 atom stereocenters. The molecule has 3 rings (SSSR count). The van der Waals surface area contributed by atoms with Crippen molar-refractivity contribution >= 4 is 5.82 Å². The van der Waals surface area contributed by atoms with Crippen LogP contribution in [0.1, 0.15) is 57.2 Å². The van der Waals surface area contributed by atoms with Gasteiger partial charge >= 0.3 is 0 Å². The summed E-state index contributed by atoms with van der Waals surface area (Å²) in [6, 6.07) is 5.25. The fourth-order valence-corrected chi connectivity index (χ4v) is 3.44. The lowest BCUT2D eigenvalue weighted by atomic mass is 9.82. The lowest BCUT2D eigenvalue weighted by Gasteiger charge is -2.27. The summed E-state index contributed by atoms with van der Waals surface area (Å²) in [4.78, 5) is 7.36. The lowest BCUT2D eigenvalue weighted by molar-refractivity contribution is 0.301. The van der Waals surface area contributed by atoms with E-state index in [2.05, 4.69) is 43.1 Å². The number of aryl methyl sites for hydroxylation is 1. The molecule has 1 aromatic rings. The Morgan fingerprint density at radius 1 is 1.29 bits per heavy atom. The highest BCUT2D eigenvalue weighted by Crippen LogP contribution is 2.38. The fourth-order valence-electron chi connectivity index (χ4n) is 3.44. The summed E-state index contributed by atoms with van der Waals surface area (Å²) in [7, 11) is 0. The van der Waals surface area contributed by atoms with Gasteiger partial charge in [-0.05, 0) is 56.1 Å². The average molecular weight is 287 g/mol.